The van der Waals surface area contributed by atoms with Crippen molar-refractivity contribution in [1.82, 2.24) is 0 Å². The van der Waals surface area contributed by atoms with Gasteiger partial charge in [0.15, 0.2) is 0 Å². The van der Waals surface area contributed by atoms with E-state index < -0.39 is 5.60 Å². The van der Waals surface area contributed by atoms with Crippen LogP contribution >= 0.6 is 11.8 Å². The average molecular weight is 295 g/mol. The molecule has 4 nitrogen and oxygen atoms in total. The zero-order chi connectivity index (χ0) is 15.3. The summed E-state index contributed by atoms with van der Waals surface area (Å²) in [4.78, 5) is 3.09. The SMILES string of the molecule is CCSc1cccc(N(CC)CC(C)(C)O)c1C(=N)N. The maximum absolute atomic E-state index is 10.1. The highest BCUT2D eigenvalue weighted by Gasteiger charge is 2.21. The van der Waals surface area contributed by atoms with Gasteiger partial charge in [0.2, 0.25) is 0 Å². The van der Waals surface area contributed by atoms with E-state index >= 15 is 0 Å². The van der Waals surface area contributed by atoms with Crippen molar-refractivity contribution in [3.8, 4) is 0 Å². The second-order valence-corrected chi connectivity index (χ2v) is 6.63. The Kier molecular flexibility index (Phi) is 5.89. The lowest BCUT2D eigenvalue weighted by molar-refractivity contribution is 0.0876. The van der Waals surface area contributed by atoms with Gasteiger partial charge in [-0.15, -0.1) is 11.8 Å². The number of likely N-dealkylation sites (N-methyl/N-ethyl adjacent to an activating group) is 1. The third-order valence-corrected chi connectivity index (χ3v) is 3.81. The standard InChI is InChI=1S/C15H25N3OS/c1-5-18(10-15(3,4)19)11-8-7-9-12(20-6-2)13(11)14(16)17/h7-9,19H,5-6,10H2,1-4H3,(H3,16,17). The van der Waals surface area contributed by atoms with Crippen LogP contribution in [0.15, 0.2) is 23.1 Å². The van der Waals surface area contributed by atoms with E-state index in [0.717, 1.165) is 28.4 Å². The largest absolute Gasteiger partial charge is 0.389 e. The maximum atomic E-state index is 10.1. The molecule has 0 amide bonds. The number of amidine groups is 1. The van der Waals surface area contributed by atoms with Gasteiger partial charge >= 0.3 is 0 Å². The topological polar surface area (TPSA) is 73.3 Å². The van der Waals surface area contributed by atoms with Crippen LogP contribution in [0.1, 0.15) is 33.3 Å². The molecule has 1 aromatic carbocycles. The lowest BCUT2D eigenvalue weighted by Gasteiger charge is -2.31. The molecule has 4 N–H and O–H groups in total. The molecule has 0 saturated heterocycles. The first-order chi connectivity index (χ1) is 9.30. The monoisotopic (exact) mass is 295 g/mol. The van der Waals surface area contributed by atoms with Crippen LogP contribution in [-0.2, 0) is 0 Å². The Labute approximate surface area is 125 Å². The van der Waals surface area contributed by atoms with Gasteiger partial charge in [0, 0.05) is 23.7 Å². The van der Waals surface area contributed by atoms with Crippen molar-refractivity contribution in [2.75, 3.05) is 23.7 Å². The van der Waals surface area contributed by atoms with Crippen molar-refractivity contribution >= 4 is 23.3 Å². The first-order valence-electron chi connectivity index (χ1n) is 6.87. The summed E-state index contributed by atoms with van der Waals surface area (Å²) in [5.74, 6) is 1.01. The highest BCUT2D eigenvalue weighted by Crippen LogP contribution is 2.31. The van der Waals surface area contributed by atoms with Gasteiger partial charge < -0.3 is 15.7 Å². The minimum atomic E-state index is -0.794. The lowest BCUT2D eigenvalue weighted by atomic mass is 10.1. The number of hydrogen-bond donors (Lipinski definition) is 3. The Morgan fingerprint density at radius 3 is 2.50 bits per heavy atom. The molecule has 0 aliphatic heterocycles. The van der Waals surface area contributed by atoms with Gasteiger partial charge in [-0.2, -0.15) is 0 Å². The average Bonchev–Trinajstić information content (AvgIpc) is 2.34. The van der Waals surface area contributed by atoms with Gasteiger partial charge in [-0.3, -0.25) is 5.41 Å². The minimum Gasteiger partial charge on any atom is -0.389 e. The molecule has 5 heteroatoms. The lowest BCUT2D eigenvalue weighted by Crippen LogP contribution is -2.39. The van der Waals surface area contributed by atoms with Gasteiger partial charge in [0.1, 0.15) is 5.84 Å². The predicted molar refractivity (Wildman–Crippen MR) is 88.0 cm³/mol. The number of nitrogen functional groups attached to an aromatic ring is 1. The zero-order valence-corrected chi connectivity index (χ0v) is 13.5. The fourth-order valence-corrected chi connectivity index (χ4v) is 3.01. The molecule has 0 heterocycles. The molecule has 0 saturated carbocycles. The maximum Gasteiger partial charge on any atom is 0.126 e. The van der Waals surface area contributed by atoms with Crippen molar-refractivity contribution in [2.45, 2.75) is 38.2 Å². The second kappa shape index (κ2) is 6.99. The molecule has 1 aromatic rings. The normalized spacial score (nSPS) is 11.4. The highest BCUT2D eigenvalue weighted by molar-refractivity contribution is 7.99. The number of nitrogens with two attached hydrogens (primary N) is 1. The molecule has 0 unspecified atom stereocenters. The molecule has 112 valence electrons. The molecule has 0 spiro atoms. The number of benzene rings is 1. The molecule has 0 atom stereocenters. The molecule has 1 rings (SSSR count). The third-order valence-electron chi connectivity index (χ3n) is 2.87. The van der Waals surface area contributed by atoms with Crippen LogP contribution in [0.3, 0.4) is 0 Å². The van der Waals surface area contributed by atoms with E-state index in [-0.39, 0.29) is 5.84 Å². The zero-order valence-electron chi connectivity index (χ0n) is 12.7. The summed E-state index contributed by atoms with van der Waals surface area (Å²) in [6.07, 6.45) is 0. The van der Waals surface area contributed by atoms with Crippen LogP contribution in [0.4, 0.5) is 5.69 Å². The van der Waals surface area contributed by atoms with Crippen molar-refractivity contribution in [1.29, 1.82) is 5.41 Å². The summed E-state index contributed by atoms with van der Waals surface area (Å²) >= 11 is 1.68. The Balaban J connectivity index is 3.27. The first kappa shape index (κ1) is 16.9. The van der Waals surface area contributed by atoms with Crippen LogP contribution in [-0.4, -0.2) is 35.4 Å². The van der Waals surface area contributed by atoms with Gasteiger partial charge in [0.05, 0.1) is 11.2 Å². The molecule has 0 aromatic heterocycles. The minimum absolute atomic E-state index is 0.0748. The summed E-state index contributed by atoms with van der Waals surface area (Å²) < 4.78 is 0. The van der Waals surface area contributed by atoms with E-state index in [0.29, 0.717) is 6.54 Å². The van der Waals surface area contributed by atoms with Crippen LogP contribution in [0.5, 0.6) is 0 Å². The van der Waals surface area contributed by atoms with E-state index in [2.05, 4.69) is 11.8 Å². The van der Waals surface area contributed by atoms with Crippen molar-refractivity contribution in [2.24, 2.45) is 5.73 Å². The fraction of sp³-hybridized carbons (Fsp3) is 0.533. The number of thioether (sulfide) groups is 1. The fourth-order valence-electron chi connectivity index (χ4n) is 2.16. The van der Waals surface area contributed by atoms with Crippen LogP contribution in [0.25, 0.3) is 0 Å². The van der Waals surface area contributed by atoms with Crippen LogP contribution in [0, 0.1) is 5.41 Å². The predicted octanol–water partition coefficient (Wildman–Crippen LogP) is 2.68. The number of nitrogens with one attached hydrogen (secondary N) is 1. The summed E-state index contributed by atoms with van der Waals surface area (Å²) in [5, 5.41) is 17.9. The first-order valence-corrected chi connectivity index (χ1v) is 7.86. The van der Waals surface area contributed by atoms with E-state index in [1.807, 2.05) is 25.1 Å². The number of nitrogens with zero attached hydrogens (tertiary/aromatic N) is 1. The second-order valence-electron chi connectivity index (χ2n) is 5.32. The Morgan fingerprint density at radius 2 is 2.05 bits per heavy atom. The quantitative estimate of drug-likeness (QED) is 0.411. The summed E-state index contributed by atoms with van der Waals surface area (Å²) in [6, 6.07) is 5.94. The Morgan fingerprint density at radius 1 is 1.40 bits per heavy atom. The van der Waals surface area contributed by atoms with Crippen molar-refractivity contribution in [3.63, 3.8) is 0 Å². The van der Waals surface area contributed by atoms with Gasteiger partial charge in [-0.25, -0.2) is 0 Å². The van der Waals surface area contributed by atoms with E-state index in [1.165, 1.54) is 0 Å². The van der Waals surface area contributed by atoms with Crippen LogP contribution in [0.2, 0.25) is 0 Å². The van der Waals surface area contributed by atoms with Gasteiger partial charge in [0.25, 0.3) is 0 Å². The van der Waals surface area contributed by atoms with Crippen molar-refractivity contribution < 1.29 is 5.11 Å². The number of aliphatic hydroxyl groups is 1. The number of anilines is 1. The van der Waals surface area contributed by atoms with E-state index in [1.54, 1.807) is 25.6 Å². The summed E-state index contributed by atoms with van der Waals surface area (Å²) in [6.45, 7) is 8.95. The number of hydrogen-bond acceptors (Lipinski definition) is 4. The van der Waals surface area contributed by atoms with Crippen molar-refractivity contribution in [3.05, 3.63) is 23.8 Å². The number of rotatable bonds is 7. The molecule has 0 bridgehead atoms. The van der Waals surface area contributed by atoms with E-state index in [4.69, 9.17) is 11.1 Å². The Hall–Kier alpha value is -1.20. The highest BCUT2D eigenvalue weighted by atomic mass is 32.2. The molecule has 20 heavy (non-hydrogen) atoms. The molecule has 0 radical (unpaired) electrons. The molecule has 0 aliphatic rings. The smallest absolute Gasteiger partial charge is 0.126 e. The van der Waals surface area contributed by atoms with Crippen LogP contribution < -0.4 is 10.6 Å². The van der Waals surface area contributed by atoms with E-state index in [9.17, 15) is 5.11 Å². The molecule has 0 fully saturated rings. The van der Waals surface area contributed by atoms with Gasteiger partial charge in [-0.1, -0.05) is 13.0 Å². The molecular weight excluding hydrogens is 270 g/mol. The molecule has 0 aliphatic carbocycles. The summed E-state index contributed by atoms with van der Waals surface area (Å²) in [5.41, 5.74) is 6.68. The summed E-state index contributed by atoms with van der Waals surface area (Å²) in [7, 11) is 0. The Bertz CT molecular complexity index is 469. The van der Waals surface area contributed by atoms with Gasteiger partial charge in [-0.05, 0) is 38.7 Å². The third kappa shape index (κ3) is 4.42. The molecular formula is C15H25N3OS.